The molecule has 70 valence electrons. The van der Waals surface area contributed by atoms with E-state index in [1.54, 1.807) is 19.8 Å². The first-order chi connectivity index (χ1) is 5.88. The van der Waals surface area contributed by atoms with Gasteiger partial charge in [0.2, 0.25) is 0 Å². The summed E-state index contributed by atoms with van der Waals surface area (Å²) >= 11 is 0. The third-order valence-electron chi connectivity index (χ3n) is 2.34. The summed E-state index contributed by atoms with van der Waals surface area (Å²) in [5.74, 6) is 0. The van der Waals surface area contributed by atoms with E-state index < -0.39 is 0 Å². The van der Waals surface area contributed by atoms with Crippen LogP contribution in [-0.2, 0) is 9.47 Å². The van der Waals surface area contributed by atoms with Crippen LogP contribution in [0, 0.1) is 0 Å². The quantitative estimate of drug-likeness (QED) is 0.602. The Kier molecular flexibility index (Phi) is 4.33. The molecule has 0 aromatic carbocycles. The number of hydrogen-bond donors (Lipinski definition) is 0. The highest BCUT2D eigenvalue weighted by molar-refractivity contribution is 5.17. The van der Waals surface area contributed by atoms with Gasteiger partial charge in [-0.15, -0.1) is 0 Å². The lowest BCUT2D eigenvalue weighted by molar-refractivity contribution is 0.180. The minimum atomic E-state index is 0.739. The largest absolute Gasteiger partial charge is 0.380 e. The predicted octanol–water partition coefficient (Wildman–Crippen LogP) is 2.15. The molecular weight excluding hydrogens is 152 g/mol. The molecule has 2 heteroatoms. The zero-order chi connectivity index (χ0) is 8.81. The zero-order valence-electron chi connectivity index (χ0n) is 8.06. The van der Waals surface area contributed by atoms with Gasteiger partial charge in [0, 0.05) is 14.2 Å². The Balaban J connectivity index is 2.53. The van der Waals surface area contributed by atoms with Gasteiger partial charge in [-0.2, -0.15) is 0 Å². The Bertz CT molecular complexity index is 145. The average molecular weight is 170 g/mol. The fourth-order valence-electron chi connectivity index (χ4n) is 1.75. The van der Waals surface area contributed by atoms with Crippen LogP contribution in [0.1, 0.15) is 25.7 Å². The van der Waals surface area contributed by atoms with Crippen molar-refractivity contribution in [1.82, 2.24) is 0 Å². The fraction of sp³-hybridized carbons (Fsp3) is 0.800. The zero-order valence-corrected chi connectivity index (χ0v) is 8.06. The van der Waals surface area contributed by atoms with Crippen LogP contribution in [0.5, 0.6) is 0 Å². The van der Waals surface area contributed by atoms with Crippen LogP contribution in [0.25, 0.3) is 0 Å². The Hall–Kier alpha value is -0.340. The van der Waals surface area contributed by atoms with Gasteiger partial charge in [-0.1, -0.05) is 5.57 Å². The second kappa shape index (κ2) is 5.33. The molecule has 0 aromatic heterocycles. The first kappa shape index (κ1) is 9.75. The van der Waals surface area contributed by atoms with Crippen molar-refractivity contribution >= 4 is 0 Å². The van der Waals surface area contributed by atoms with E-state index >= 15 is 0 Å². The molecule has 0 amide bonds. The molecule has 0 spiro atoms. The summed E-state index contributed by atoms with van der Waals surface area (Å²) in [6.45, 7) is 1.48. The van der Waals surface area contributed by atoms with Crippen LogP contribution in [0.3, 0.4) is 0 Å². The molecule has 0 aromatic rings. The SMILES string of the molecule is COCC(COC)=C1CCCC1. The van der Waals surface area contributed by atoms with Crippen LogP contribution in [-0.4, -0.2) is 27.4 Å². The van der Waals surface area contributed by atoms with Gasteiger partial charge >= 0.3 is 0 Å². The summed E-state index contributed by atoms with van der Waals surface area (Å²) in [6.07, 6.45) is 5.18. The summed E-state index contributed by atoms with van der Waals surface area (Å²) in [5.41, 5.74) is 2.93. The van der Waals surface area contributed by atoms with Gasteiger partial charge in [0.25, 0.3) is 0 Å². The molecule has 0 atom stereocenters. The molecule has 1 rings (SSSR count). The van der Waals surface area contributed by atoms with E-state index in [4.69, 9.17) is 9.47 Å². The number of methoxy groups -OCH3 is 2. The highest BCUT2D eigenvalue weighted by Gasteiger charge is 2.11. The smallest absolute Gasteiger partial charge is 0.0697 e. The normalized spacial score (nSPS) is 17.0. The highest BCUT2D eigenvalue weighted by Crippen LogP contribution is 2.27. The second-order valence-electron chi connectivity index (χ2n) is 3.28. The lowest BCUT2D eigenvalue weighted by atomic mass is 10.1. The predicted molar refractivity (Wildman–Crippen MR) is 49.2 cm³/mol. The van der Waals surface area contributed by atoms with Crippen molar-refractivity contribution in [2.24, 2.45) is 0 Å². The van der Waals surface area contributed by atoms with Gasteiger partial charge in [0.1, 0.15) is 0 Å². The van der Waals surface area contributed by atoms with Crippen LogP contribution < -0.4 is 0 Å². The van der Waals surface area contributed by atoms with Gasteiger partial charge in [-0.05, 0) is 31.3 Å². The third kappa shape index (κ3) is 2.61. The van der Waals surface area contributed by atoms with Crippen molar-refractivity contribution in [1.29, 1.82) is 0 Å². The molecule has 1 fully saturated rings. The molecule has 12 heavy (non-hydrogen) atoms. The minimum absolute atomic E-state index is 0.739. The molecule has 0 saturated heterocycles. The maximum absolute atomic E-state index is 5.13. The molecule has 1 aliphatic carbocycles. The van der Waals surface area contributed by atoms with E-state index in [1.165, 1.54) is 31.3 Å². The lowest BCUT2D eigenvalue weighted by Gasteiger charge is -2.09. The van der Waals surface area contributed by atoms with Gasteiger partial charge in [0.15, 0.2) is 0 Å². The minimum Gasteiger partial charge on any atom is -0.380 e. The van der Waals surface area contributed by atoms with Crippen LogP contribution in [0.15, 0.2) is 11.1 Å². The molecule has 1 saturated carbocycles. The molecule has 0 aliphatic heterocycles. The number of allylic oxidation sites excluding steroid dienone is 1. The maximum atomic E-state index is 5.13. The van der Waals surface area contributed by atoms with E-state index in [1.807, 2.05) is 0 Å². The number of ether oxygens (including phenoxy) is 2. The van der Waals surface area contributed by atoms with Gasteiger partial charge in [-0.3, -0.25) is 0 Å². The maximum Gasteiger partial charge on any atom is 0.0697 e. The van der Waals surface area contributed by atoms with Crippen molar-refractivity contribution in [3.63, 3.8) is 0 Å². The van der Waals surface area contributed by atoms with Crippen LogP contribution in [0.4, 0.5) is 0 Å². The lowest BCUT2D eigenvalue weighted by Crippen LogP contribution is -2.04. The molecule has 1 aliphatic rings. The third-order valence-corrected chi connectivity index (χ3v) is 2.34. The Morgan fingerprint density at radius 3 is 2.00 bits per heavy atom. The van der Waals surface area contributed by atoms with Crippen molar-refractivity contribution in [3.05, 3.63) is 11.1 Å². The van der Waals surface area contributed by atoms with Crippen molar-refractivity contribution < 1.29 is 9.47 Å². The van der Waals surface area contributed by atoms with Gasteiger partial charge in [-0.25, -0.2) is 0 Å². The Morgan fingerprint density at radius 1 is 1.08 bits per heavy atom. The van der Waals surface area contributed by atoms with E-state index in [2.05, 4.69) is 0 Å². The van der Waals surface area contributed by atoms with Crippen molar-refractivity contribution in [2.45, 2.75) is 25.7 Å². The summed E-state index contributed by atoms with van der Waals surface area (Å²) < 4.78 is 10.3. The second-order valence-corrected chi connectivity index (χ2v) is 3.28. The van der Waals surface area contributed by atoms with E-state index in [0.717, 1.165) is 13.2 Å². The van der Waals surface area contributed by atoms with E-state index in [0.29, 0.717) is 0 Å². The monoisotopic (exact) mass is 170 g/mol. The van der Waals surface area contributed by atoms with Crippen LogP contribution in [0.2, 0.25) is 0 Å². The van der Waals surface area contributed by atoms with Crippen molar-refractivity contribution in [3.8, 4) is 0 Å². The topological polar surface area (TPSA) is 18.5 Å². The summed E-state index contributed by atoms with van der Waals surface area (Å²) in [7, 11) is 3.48. The van der Waals surface area contributed by atoms with Crippen molar-refractivity contribution in [2.75, 3.05) is 27.4 Å². The highest BCUT2D eigenvalue weighted by atomic mass is 16.5. The molecule has 0 heterocycles. The Labute approximate surface area is 74.6 Å². The molecule has 2 nitrogen and oxygen atoms in total. The standard InChI is InChI=1S/C10H18O2/c1-11-7-10(8-12-2)9-5-3-4-6-9/h3-8H2,1-2H3. The molecule has 0 N–H and O–H groups in total. The molecule has 0 unspecified atom stereocenters. The van der Waals surface area contributed by atoms with E-state index in [-0.39, 0.29) is 0 Å². The number of rotatable bonds is 4. The van der Waals surface area contributed by atoms with Gasteiger partial charge in [0.05, 0.1) is 13.2 Å². The average Bonchev–Trinajstić information content (AvgIpc) is 2.56. The van der Waals surface area contributed by atoms with E-state index in [9.17, 15) is 0 Å². The Morgan fingerprint density at radius 2 is 1.58 bits per heavy atom. The van der Waals surface area contributed by atoms with Gasteiger partial charge < -0.3 is 9.47 Å². The summed E-state index contributed by atoms with van der Waals surface area (Å²) in [4.78, 5) is 0. The first-order valence-electron chi connectivity index (χ1n) is 4.56. The molecule has 0 bridgehead atoms. The fourth-order valence-corrected chi connectivity index (χ4v) is 1.75. The number of hydrogen-bond acceptors (Lipinski definition) is 2. The summed E-state index contributed by atoms with van der Waals surface area (Å²) in [6, 6.07) is 0. The first-order valence-corrected chi connectivity index (χ1v) is 4.56. The molecular formula is C10H18O2. The summed E-state index contributed by atoms with van der Waals surface area (Å²) in [5, 5.41) is 0. The van der Waals surface area contributed by atoms with Crippen LogP contribution >= 0.6 is 0 Å². The molecule has 0 radical (unpaired) electrons.